The van der Waals surface area contributed by atoms with Crippen LogP contribution in [0.15, 0.2) is 59.8 Å². The number of hydrogen-bond donors (Lipinski definition) is 0. The Kier molecular flexibility index (Phi) is 7.17. The number of aryl methyl sites for hydroxylation is 3. The summed E-state index contributed by atoms with van der Waals surface area (Å²) >= 11 is 25.4. The molecule has 0 radical (unpaired) electrons. The maximum absolute atomic E-state index is 13.7. The second kappa shape index (κ2) is 10.7. The van der Waals surface area contributed by atoms with Crippen LogP contribution in [0, 0.1) is 20.8 Å². The fourth-order valence-corrected chi connectivity index (χ4v) is 8.53. The quantitative estimate of drug-likeness (QED) is 0.0925. The van der Waals surface area contributed by atoms with E-state index in [4.69, 9.17) is 56.4 Å². The van der Waals surface area contributed by atoms with Gasteiger partial charge in [-0.2, -0.15) is 0 Å². The number of aromatic nitrogens is 2. The summed E-state index contributed by atoms with van der Waals surface area (Å²) in [4.78, 5) is 39.2. The van der Waals surface area contributed by atoms with E-state index < -0.39 is 11.6 Å². The maximum Gasteiger partial charge on any atom is 0.199 e. The van der Waals surface area contributed by atoms with Crippen molar-refractivity contribution in [2.24, 2.45) is 0 Å². The first-order valence-electron chi connectivity index (χ1n) is 14.6. The van der Waals surface area contributed by atoms with Crippen molar-refractivity contribution >= 4 is 80.1 Å². The molecule has 0 saturated heterocycles. The third kappa shape index (κ3) is 4.13. The molecule has 0 bridgehead atoms. The van der Waals surface area contributed by atoms with Crippen LogP contribution >= 0.6 is 46.4 Å². The molecule has 1 fully saturated rings. The number of halogens is 4. The first-order valence-corrected chi connectivity index (χ1v) is 16.1. The lowest BCUT2D eigenvalue weighted by Crippen LogP contribution is -2.32. The van der Waals surface area contributed by atoms with E-state index in [0.29, 0.717) is 5.82 Å². The van der Waals surface area contributed by atoms with Crippen LogP contribution in [0.2, 0.25) is 20.1 Å². The first-order chi connectivity index (χ1) is 21.1. The Morgan fingerprint density at radius 2 is 1.34 bits per heavy atom. The fraction of sp³-hybridized carbons (Fsp3) is 0.257. The van der Waals surface area contributed by atoms with E-state index in [1.807, 2.05) is 26.8 Å². The average Bonchev–Trinajstić information content (AvgIpc) is 3.40. The zero-order valence-electron chi connectivity index (χ0n) is 24.3. The molecule has 0 atom stereocenters. The van der Waals surface area contributed by atoms with E-state index in [0.717, 1.165) is 60.6 Å². The van der Waals surface area contributed by atoms with Crippen LogP contribution in [0.5, 0.6) is 0 Å². The lowest BCUT2D eigenvalue weighted by molar-refractivity contribution is 0.0989. The van der Waals surface area contributed by atoms with Gasteiger partial charge in [0, 0.05) is 11.1 Å². The highest BCUT2D eigenvalue weighted by Crippen LogP contribution is 2.60. The van der Waals surface area contributed by atoms with Gasteiger partial charge in [-0.15, -0.1) is 0 Å². The summed E-state index contributed by atoms with van der Waals surface area (Å²) in [5, 5.41) is 2.12. The summed E-state index contributed by atoms with van der Waals surface area (Å²) in [6, 6.07) is 12.8. The molecule has 7 rings (SSSR count). The molecule has 5 nitrogen and oxygen atoms in total. The fourth-order valence-electron chi connectivity index (χ4n) is 7.50. The van der Waals surface area contributed by atoms with Crippen molar-refractivity contribution in [1.29, 1.82) is 0 Å². The summed E-state index contributed by atoms with van der Waals surface area (Å²) in [6.45, 7) is 5.89. The lowest BCUT2D eigenvalue weighted by atomic mass is 9.67. The number of nitrogens with zero attached hydrogens (tertiary/aromatic N) is 3. The molecule has 1 aliphatic heterocycles. The van der Waals surface area contributed by atoms with Gasteiger partial charge in [-0.25, -0.2) is 9.97 Å². The van der Waals surface area contributed by atoms with Crippen molar-refractivity contribution in [1.82, 2.24) is 9.97 Å². The highest BCUT2D eigenvalue weighted by atomic mass is 35.5. The van der Waals surface area contributed by atoms with Crippen molar-refractivity contribution in [3.8, 4) is 0 Å². The number of allylic oxidation sites excluding steroid dienone is 4. The van der Waals surface area contributed by atoms with Crippen LogP contribution in [0.25, 0.3) is 10.8 Å². The zero-order chi connectivity index (χ0) is 31.1. The molecule has 0 N–H and O–H groups in total. The smallest absolute Gasteiger partial charge is 0.199 e. The molecule has 1 aromatic heterocycles. The van der Waals surface area contributed by atoms with Crippen LogP contribution in [0.3, 0.4) is 0 Å². The molecule has 1 saturated carbocycles. The Balaban J connectivity index is 1.52. The lowest BCUT2D eigenvalue weighted by Gasteiger charge is -2.37. The van der Waals surface area contributed by atoms with Crippen LogP contribution in [0.1, 0.15) is 75.6 Å². The molecule has 1 spiro atoms. The number of anilines is 2. The second-order valence-corrected chi connectivity index (χ2v) is 13.3. The molecule has 222 valence electrons. The van der Waals surface area contributed by atoms with Gasteiger partial charge in [0.15, 0.2) is 11.6 Å². The summed E-state index contributed by atoms with van der Waals surface area (Å²) in [6.07, 6.45) is 8.65. The van der Waals surface area contributed by atoms with Crippen LogP contribution < -0.4 is 4.90 Å². The van der Waals surface area contributed by atoms with Crippen molar-refractivity contribution in [2.45, 2.75) is 58.3 Å². The average molecular weight is 663 g/mol. The molecule has 3 aliphatic rings. The van der Waals surface area contributed by atoms with E-state index in [1.165, 1.54) is 16.3 Å². The topological polar surface area (TPSA) is 63.2 Å². The molecule has 0 unspecified atom stereocenters. The van der Waals surface area contributed by atoms with Gasteiger partial charge in [-0.3, -0.25) is 9.59 Å². The third-order valence-electron chi connectivity index (χ3n) is 9.25. The summed E-state index contributed by atoms with van der Waals surface area (Å²) in [5.74, 6) is -0.347. The standard InChI is InChI=1S/C35H27Cl4N3O2/c1-17-32(18(2)41-19(3)40-17)42-23-13-11-20-9-5-6-10-21(20)27(23)35(15-7-4-8-16-35)24(42)14-12-22-33(43)25-26(34(22)44)29(37)31(39)30(38)28(25)36/h5-6,9-14H,4,7-8,15-16H2,1-3H3/b24-14-. The number of fused-ring (bicyclic) bond motifs is 5. The van der Waals surface area contributed by atoms with Crippen molar-refractivity contribution in [3.63, 3.8) is 0 Å². The number of hydrogen-bond acceptors (Lipinski definition) is 5. The van der Waals surface area contributed by atoms with Crippen molar-refractivity contribution < 1.29 is 9.59 Å². The number of benzene rings is 3. The summed E-state index contributed by atoms with van der Waals surface area (Å²) in [5.41, 5.74) is 5.50. The van der Waals surface area contributed by atoms with Gasteiger partial charge in [0.25, 0.3) is 0 Å². The molecule has 4 aromatic rings. The third-order valence-corrected chi connectivity index (χ3v) is 11.1. The zero-order valence-corrected chi connectivity index (χ0v) is 27.3. The summed E-state index contributed by atoms with van der Waals surface area (Å²) in [7, 11) is 0. The van der Waals surface area contributed by atoms with E-state index in [2.05, 4.69) is 41.3 Å². The predicted molar refractivity (Wildman–Crippen MR) is 178 cm³/mol. The van der Waals surface area contributed by atoms with Gasteiger partial charge < -0.3 is 4.90 Å². The van der Waals surface area contributed by atoms with Gasteiger partial charge in [-0.1, -0.05) is 96.0 Å². The molecular weight excluding hydrogens is 636 g/mol. The monoisotopic (exact) mass is 661 g/mol. The molecule has 2 aliphatic carbocycles. The molecule has 2 heterocycles. The Bertz CT molecular complexity index is 1950. The van der Waals surface area contributed by atoms with Crippen LogP contribution in [-0.2, 0) is 5.41 Å². The minimum absolute atomic E-state index is 0.00993. The molecule has 9 heteroatoms. The minimum Gasteiger partial charge on any atom is -0.310 e. The highest BCUT2D eigenvalue weighted by molar-refractivity contribution is 6.57. The van der Waals surface area contributed by atoms with Gasteiger partial charge >= 0.3 is 0 Å². The number of carbonyl (C=O) groups excluding carboxylic acids is 2. The van der Waals surface area contributed by atoms with Crippen molar-refractivity contribution in [2.75, 3.05) is 4.90 Å². The second-order valence-electron chi connectivity index (χ2n) is 11.7. The highest BCUT2D eigenvalue weighted by Gasteiger charge is 2.50. The van der Waals surface area contributed by atoms with Crippen LogP contribution in [0.4, 0.5) is 11.4 Å². The van der Waals surface area contributed by atoms with E-state index >= 15 is 0 Å². The normalized spacial score (nSPS) is 18.1. The first kappa shape index (κ1) is 29.5. The van der Waals surface area contributed by atoms with Crippen molar-refractivity contribution in [3.05, 3.63) is 114 Å². The van der Waals surface area contributed by atoms with Gasteiger partial charge in [0.1, 0.15) is 5.82 Å². The Labute approximate surface area is 275 Å². The van der Waals surface area contributed by atoms with Gasteiger partial charge in [0.05, 0.1) is 59.6 Å². The SMILES string of the molecule is Cc1nc(C)c(N2/C(=C\C=C3C(=O)c4c(Cl)c(Cl)c(Cl)c(Cl)c4C3=O)C3(CCCCC3)c3c2ccc2ccccc32)c(C)n1. The molecule has 44 heavy (non-hydrogen) atoms. The molecular formula is C35H27Cl4N3O2. The van der Waals surface area contributed by atoms with Crippen LogP contribution in [-0.4, -0.2) is 21.5 Å². The van der Waals surface area contributed by atoms with Gasteiger partial charge in [0.2, 0.25) is 0 Å². The Morgan fingerprint density at radius 1 is 0.750 bits per heavy atom. The Hall–Kier alpha value is -3.22. The number of ketones is 2. The number of Topliss-reactive ketones (excluding diaryl/α,β-unsaturated/α-hetero) is 2. The molecule has 0 amide bonds. The van der Waals surface area contributed by atoms with Gasteiger partial charge in [-0.05, 0) is 68.2 Å². The number of rotatable bonds is 2. The predicted octanol–water partition coefficient (Wildman–Crippen LogP) is 10.4. The Morgan fingerprint density at radius 3 is 1.95 bits per heavy atom. The van der Waals surface area contributed by atoms with E-state index in [1.54, 1.807) is 6.08 Å². The maximum atomic E-state index is 13.7. The summed E-state index contributed by atoms with van der Waals surface area (Å²) < 4.78 is 0. The van der Waals surface area contributed by atoms with E-state index in [-0.39, 0.29) is 42.2 Å². The van der Waals surface area contributed by atoms with E-state index in [9.17, 15) is 9.59 Å². The minimum atomic E-state index is -0.524. The molecule has 3 aromatic carbocycles. The number of carbonyl (C=O) groups is 2. The largest absolute Gasteiger partial charge is 0.310 e.